The van der Waals surface area contributed by atoms with Crippen LogP contribution in [0.1, 0.15) is 12.6 Å². The van der Waals surface area contributed by atoms with Gasteiger partial charge in [0.25, 0.3) is 0 Å². The van der Waals surface area contributed by atoms with Crippen molar-refractivity contribution in [1.82, 2.24) is 14.9 Å². The molecule has 4 nitrogen and oxygen atoms in total. The average molecular weight is 183 g/mol. The quantitative estimate of drug-likeness (QED) is 0.658. The van der Waals surface area contributed by atoms with Gasteiger partial charge in [0, 0.05) is 32.9 Å². The van der Waals surface area contributed by atoms with Gasteiger partial charge in [-0.1, -0.05) is 0 Å². The predicted octanol–water partition coefficient (Wildman–Crippen LogP) is 0.639. The van der Waals surface area contributed by atoms with Gasteiger partial charge >= 0.3 is 0 Å². The summed E-state index contributed by atoms with van der Waals surface area (Å²) < 4.78 is 6.98. The summed E-state index contributed by atoms with van der Waals surface area (Å²) >= 11 is 0. The van der Waals surface area contributed by atoms with Crippen molar-refractivity contribution in [2.75, 3.05) is 20.3 Å². The average Bonchev–Trinajstić information content (AvgIpc) is 2.60. The summed E-state index contributed by atoms with van der Waals surface area (Å²) in [5.74, 6) is 0. The van der Waals surface area contributed by atoms with Crippen molar-refractivity contribution in [3.8, 4) is 0 Å². The maximum Gasteiger partial charge on any atom is 0.0949 e. The van der Waals surface area contributed by atoms with Gasteiger partial charge in [0.2, 0.25) is 0 Å². The van der Waals surface area contributed by atoms with Crippen LogP contribution in [-0.4, -0.2) is 29.8 Å². The third-order valence-electron chi connectivity index (χ3n) is 1.84. The zero-order chi connectivity index (χ0) is 9.52. The topological polar surface area (TPSA) is 39.1 Å². The molecule has 0 amide bonds. The van der Waals surface area contributed by atoms with Gasteiger partial charge in [-0.15, -0.1) is 0 Å². The van der Waals surface area contributed by atoms with E-state index in [2.05, 4.69) is 28.0 Å². The molecule has 13 heavy (non-hydrogen) atoms. The van der Waals surface area contributed by atoms with E-state index < -0.39 is 0 Å². The van der Waals surface area contributed by atoms with E-state index in [1.807, 2.05) is 6.33 Å². The number of hydrogen-bond donors (Lipinski definition) is 1. The molecule has 0 atom stereocenters. The van der Waals surface area contributed by atoms with Crippen LogP contribution in [0.2, 0.25) is 0 Å². The standard InChI is InChI=1S/C9H17N3O/c1-3-12-7-9(11-8-12)6-10-4-5-13-2/h7-8,10H,3-6H2,1-2H3. The number of ether oxygens (including phenoxy) is 1. The fourth-order valence-electron chi connectivity index (χ4n) is 1.06. The van der Waals surface area contributed by atoms with Gasteiger partial charge in [0.1, 0.15) is 0 Å². The molecule has 1 N–H and O–H groups in total. The summed E-state index contributed by atoms with van der Waals surface area (Å²) in [5, 5.41) is 3.24. The first kappa shape index (κ1) is 10.2. The molecule has 74 valence electrons. The Labute approximate surface area is 78.9 Å². The van der Waals surface area contributed by atoms with Crippen LogP contribution in [0.15, 0.2) is 12.5 Å². The molecule has 0 fully saturated rings. The fourth-order valence-corrected chi connectivity index (χ4v) is 1.06. The zero-order valence-corrected chi connectivity index (χ0v) is 8.29. The number of nitrogens with one attached hydrogen (secondary N) is 1. The molecule has 4 heteroatoms. The molecule has 1 rings (SSSR count). The Morgan fingerprint density at radius 1 is 1.62 bits per heavy atom. The van der Waals surface area contributed by atoms with Crippen LogP contribution in [0.25, 0.3) is 0 Å². The number of hydrogen-bond acceptors (Lipinski definition) is 3. The smallest absolute Gasteiger partial charge is 0.0949 e. The van der Waals surface area contributed by atoms with Gasteiger partial charge in [-0.3, -0.25) is 0 Å². The molecule has 0 saturated heterocycles. The number of methoxy groups -OCH3 is 1. The van der Waals surface area contributed by atoms with E-state index in [1.54, 1.807) is 7.11 Å². The van der Waals surface area contributed by atoms with Crippen molar-refractivity contribution in [1.29, 1.82) is 0 Å². The molecule has 0 aliphatic rings. The van der Waals surface area contributed by atoms with Gasteiger partial charge in [0.05, 0.1) is 18.6 Å². The van der Waals surface area contributed by atoms with Crippen molar-refractivity contribution in [2.45, 2.75) is 20.0 Å². The molecule has 0 aliphatic heterocycles. The summed E-state index contributed by atoms with van der Waals surface area (Å²) in [5.41, 5.74) is 1.08. The van der Waals surface area contributed by atoms with E-state index >= 15 is 0 Å². The molecular formula is C9H17N3O. The number of imidazole rings is 1. The first-order valence-electron chi connectivity index (χ1n) is 4.57. The predicted molar refractivity (Wildman–Crippen MR) is 51.5 cm³/mol. The highest BCUT2D eigenvalue weighted by molar-refractivity contribution is 4.95. The van der Waals surface area contributed by atoms with Crippen LogP contribution in [0.5, 0.6) is 0 Å². The van der Waals surface area contributed by atoms with Gasteiger partial charge in [0.15, 0.2) is 0 Å². The first-order chi connectivity index (χ1) is 6.36. The summed E-state index contributed by atoms with van der Waals surface area (Å²) in [7, 11) is 1.70. The summed E-state index contributed by atoms with van der Waals surface area (Å²) in [6.07, 6.45) is 3.91. The highest BCUT2D eigenvalue weighted by Gasteiger charge is 1.95. The van der Waals surface area contributed by atoms with E-state index in [9.17, 15) is 0 Å². The highest BCUT2D eigenvalue weighted by Crippen LogP contribution is 1.94. The third-order valence-corrected chi connectivity index (χ3v) is 1.84. The van der Waals surface area contributed by atoms with E-state index in [1.165, 1.54) is 0 Å². The molecule has 0 spiro atoms. The van der Waals surface area contributed by atoms with Gasteiger partial charge in [-0.05, 0) is 6.92 Å². The maximum atomic E-state index is 4.92. The van der Waals surface area contributed by atoms with E-state index in [0.717, 1.165) is 31.9 Å². The summed E-state index contributed by atoms with van der Waals surface area (Å²) in [6.45, 7) is 5.51. The lowest BCUT2D eigenvalue weighted by molar-refractivity contribution is 0.199. The number of aryl methyl sites for hydroxylation is 1. The molecule has 0 saturated carbocycles. The minimum Gasteiger partial charge on any atom is -0.383 e. The van der Waals surface area contributed by atoms with E-state index in [4.69, 9.17) is 4.74 Å². The number of nitrogens with zero attached hydrogens (tertiary/aromatic N) is 2. The molecule has 0 aliphatic carbocycles. The monoisotopic (exact) mass is 183 g/mol. The second-order valence-electron chi connectivity index (χ2n) is 2.87. The number of rotatable bonds is 6. The third kappa shape index (κ3) is 3.57. The Morgan fingerprint density at radius 2 is 2.46 bits per heavy atom. The Bertz CT molecular complexity index is 235. The normalized spacial score (nSPS) is 10.6. The van der Waals surface area contributed by atoms with Crippen LogP contribution in [-0.2, 0) is 17.8 Å². The van der Waals surface area contributed by atoms with E-state index in [-0.39, 0.29) is 0 Å². The Morgan fingerprint density at radius 3 is 3.08 bits per heavy atom. The Hall–Kier alpha value is -0.870. The second kappa shape index (κ2) is 5.72. The van der Waals surface area contributed by atoms with Crippen LogP contribution < -0.4 is 5.32 Å². The lowest BCUT2D eigenvalue weighted by Gasteiger charge is -2.00. The van der Waals surface area contributed by atoms with Crippen LogP contribution in [0.4, 0.5) is 0 Å². The zero-order valence-electron chi connectivity index (χ0n) is 8.29. The van der Waals surface area contributed by atoms with Crippen molar-refractivity contribution >= 4 is 0 Å². The van der Waals surface area contributed by atoms with Crippen LogP contribution >= 0.6 is 0 Å². The molecule has 1 aromatic rings. The second-order valence-corrected chi connectivity index (χ2v) is 2.87. The molecule has 1 aromatic heterocycles. The van der Waals surface area contributed by atoms with Crippen LogP contribution in [0.3, 0.4) is 0 Å². The van der Waals surface area contributed by atoms with E-state index in [0.29, 0.717) is 0 Å². The summed E-state index contributed by atoms with van der Waals surface area (Å²) in [6, 6.07) is 0. The van der Waals surface area contributed by atoms with Crippen LogP contribution in [0, 0.1) is 0 Å². The lowest BCUT2D eigenvalue weighted by atomic mass is 10.4. The molecule has 0 radical (unpaired) electrons. The fraction of sp³-hybridized carbons (Fsp3) is 0.667. The van der Waals surface area contributed by atoms with Gasteiger partial charge in [-0.25, -0.2) is 4.98 Å². The van der Waals surface area contributed by atoms with Crippen molar-refractivity contribution < 1.29 is 4.74 Å². The minimum absolute atomic E-state index is 0.745. The van der Waals surface area contributed by atoms with Crippen molar-refractivity contribution in [3.63, 3.8) is 0 Å². The highest BCUT2D eigenvalue weighted by atomic mass is 16.5. The number of aromatic nitrogens is 2. The first-order valence-corrected chi connectivity index (χ1v) is 4.57. The molecule has 0 unspecified atom stereocenters. The van der Waals surface area contributed by atoms with Crippen molar-refractivity contribution in [2.24, 2.45) is 0 Å². The molecule has 0 bridgehead atoms. The molecule has 1 heterocycles. The Kier molecular flexibility index (Phi) is 4.49. The SMILES string of the molecule is CCn1cnc(CNCCOC)c1. The summed E-state index contributed by atoms with van der Waals surface area (Å²) in [4.78, 5) is 4.24. The molecule has 0 aromatic carbocycles. The van der Waals surface area contributed by atoms with Crippen molar-refractivity contribution in [3.05, 3.63) is 18.2 Å². The largest absolute Gasteiger partial charge is 0.383 e. The molecular weight excluding hydrogens is 166 g/mol. The minimum atomic E-state index is 0.745. The Balaban J connectivity index is 2.20. The van der Waals surface area contributed by atoms with Gasteiger partial charge < -0.3 is 14.6 Å². The lowest BCUT2D eigenvalue weighted by Crippen LogP contribution is -2.18. The maximum absolute atomic E-state index is 4.92. The van der Waals surface area contributed by atoms with Gasteiger partial charge in [-0.2, -0.15) is 0 Å².